The average molecular weight is 955 g/mol. The number of Topliss-reactive ketones (excluding diaryl/α,β-unsaturated/α-hetero) is 2. The van der Waals surface area contributed by atoms with Crippen molar-refractivity contribution in [2.24, 2.45) is 23.7 Å². The number of anilines is 1. The highest BCUT2D eigenvalue weighted by atomic mass is 35.5. The van der Waals surface area contributed by atoms with Gasteiger partial charge in [-0.05, 0) is 102 Å². The van der Waals surface area contributed by atoms with Gasteiger partial charge in [0.25, 0.3) is 0 Å². The first kappa shape index (κ1) is 47.5. The fourth-order valence-electron chi connectivity index (χ4n) is 10.6. The molecule has 4 aliphatic rings. The third kappa shape index (κ3) is 10.5. The maximum atomic E-state index is 15.1. The molecule has 0 bridgehead atoms. The van der Waals surface area contributed by atoms with Gasteiger partial charge in [-0.2, -0.15) is 0 Å². The van der Waals surface area contributed by atoms with Gasteiger partial charge in [-0.1, -0.05) is 49.8 Å². The highest BCUT2D eigenvalue weighted by Gasteiger charge is 2.66. The van der Waals surface area contributed by atoms with Crippen molar-refractivity contribution < 1.29 is 46.8 Å². The standard InChI is InChI=1S/C49H59ClF2N3O8PS/c1-28(2)53-48-55-40(27-65-48)39-23-43(33-18-19-42(61-3)45(50)46(33)54-39)62-32-21-34-35(22-32)47(58)29(20-44(57)63-31-14-9-10-15-31)12-7-5-4-6-8-13-30-24-49(30,25-41(34)56)64(59,60)26-36-37(51)16-11-17-38(36)52/h11,16-19,23,27-32,34-35H,4-10,12-15,20-22,24-26H2,1-3H3,(H,53,55)(H,59,60)/t29-,30-,32-,34?,35?,49-/m1/s1. The maximum Gasteiger partial charge on any atom is 0.306 e. The molecule has 2 N–H and O–H groups in total. The molecule has 11 nitrogen and oxygen atoms in total. The number of nitrogens with one attached hydrogen (secondary N) is 1. The Kier molecular flexibility index (Phi) is 14.7. The molecule has 4 fully saturated rings. The first-order chi connectivity index (χ1) is 31.2. The third-order valence-corrected chi connectivity index (χ3v) is 18.1. The normalized spacial score (nSPS) is 26.5. The van der Waals surface area contributed by atoms with Gasteiger partial charge in [0.2, 0.25) is 7.37 Å². The number of aromatic nitrogens is 2. The fraction of sp³-hybridized carbons (Fsp3) is 0.571. The number of thiazole rings is 1. The SMILES string of the molecule is COc1ccc2c(O[C@@H]3CC4C(=O)C[C@]5(P(=O)(O)Cc6c(F)cccc6F)C[C@H]5CCCCCCC[C@H](CC(=O)OC5CCCC5)C(=O)C4C3)cc(-c3csc(NC(C)C)n3)nc2c1Cl. The van der Waals surface area contributed by atoms with Gasteiger partial charge in [-0.15, -0.1) is 11.3 Å². The first-order valence-electron chi connectivity index (χ1n) is 23.2. The van der Waals surface area contributed by atoms with E-state index in [4.69, 9.17) is 35.8 Å². The van der Waals surface area contributed by atoms with Gasteiger partial charge >= 0.3 is 5.97 Å². The van der Waals surface area contributed by atoms with Crippen molar-refractivity contribution in [3.63, 3.8) is 0 Å². The number of benzene rings is 2. The van der Waals surface area contributed by atoms with E-state index < -0.39 is 65.7 Å². The summed E-state index contributed by atoms with van der Waals surface area (Å²) >= 11 is 8.32. The Morgan fingerprint density at radius 3 is 2.35 bits per heavy atom. The smallest absolute Gasteiger partial charge is 0.306 e. The Morgan fingerprint density at radius 1 is 0.938 bits per heavy atom. The molecule has 16 heteroatoms. The Morgan fingerprint density at radius 2 is 1.63 bits per heavy atom. The van der Waals surface area contributed by atoms with Crippen LogP contribution in [-0.4, -0.2) is 62.9 Å². The molecule has 4 aromatic rings. The molecule has 65 heavy (non-hydrogen) atoms. The van der Waals surface area contributed by atoms with Crippen LogP contribution in [0.3, 0.4) is 0 Å². The molecule has 2 aromatic carbocycles. The van der Waals surface area contributed by atoms with Crippen LogP contribution in [0.4, 0.5) is 13.9 Å². The molecule has 3 unspecified atom stereocenters. The number of ketones is 2. The summed E-state index contributed by atoms with van der Waals surface area (Å²) < 4.78 is 62.9. The van der Waals surface area contributed by atoms with E-state index >= 15 is 18.4 Å². The monoisotopic (exact) mass is 953 g/mol. The average Bonchev–Trinajstić information content (AvgIpc) is 3.68. The zero-order valence-corrected chi connectivity index (χ0v) is 39.8. The predicted octanol–water partition coefficient (Wildman–Crippen LogP) is 11.9. The molecule has 4 saturated carbocycles. The molecule has 0 saturated heterocycles. The molecule has 8 rings (SSSR count). The number of hydrogen-bond acceptors (Lipinski definition) is 11. The number of carbonyl (C=O) groups excluding carboxylic acids is 3. The molecule has 0 amide bonds. The Hall–Kier alpha value is -3.97. The van der Waals surface area contributed by atoms with Gasteiger partial charge in [0.15, 0.2) is 5.13 Å². The number of halogens is 3. The van der Waals surface area contributed by atoms with Crippen LogP contribution >= 0.6 is 30.3 Å². The molecule has 2 aromatic heterocycles. The second kappa shape index (κ2) is 20.1. The van der Waals surface area contributed by atoms with Crippen molar-refractivity contribution in [2.75, 3.05) is 12.4 Å². The van der Waals surface area contributed by atoms with Crippen molar-refractivity contribution in [1.29, 1.82) is 0 Å². The highest BCUT2D eigenvalue weighted by Crippen LogP contribution is 2.75. The van der Waals surface area contributed by atoms with Crippen LogP contribution in [0.25, 0.3) is 22.3 Å². The molecule has 4 aliphatic carbocycles. The van der Waals surface area contributed by atoms with E-state index in [-0.39, 0.29) is 66.8 Å². The summed E-state index contributed by atoms with van der Waals surface area (Å²) in [5.41, 5.74) is 1.02. The second-order valence-corrected chi connectivity index (χ2v) is 22.8. The molecular formula is C49H59ClF2N3O8PS. The zero-order chi connectivity index (χ0) is 46.0. The summed E-state index contributed by atoms with van der Waals surface area (Å²) in [5.74, 6) is -4.75. The fourth-order valence-corrected chi connectivity index (χ4v) is 14.4. The van der Waals surface area contributed by atoms with Gasteiger partial charge < -0.3 is 24.4 Å². The van der Waals surface area contributed by atoms with Crippen LogP contribution in [0.2, 0.25) is 5.02 Å². The van der Waals surface area contributed by atoms with Crippen LogP contribution in [0.15, 0.2) is 41.8 Å². The Labute approximate surface area is 388 Å². The summed E-state index contributed by atoms with van der Waals surface area (Å²) in [5, 5.41) is 5.38. The van der Waals surface area contributed by atoms with E-state index in [0.29, 0.717) is 58.2 Å². The van der Waals surface area contributed by atoms with Crippen LogP contribution in [0, 0.1) is 35.3 Å². The van der Waals surface area contributed by atoms with Crippen molar-refractivity contribution in [3.8, 4) is 22.9 Å². The number of methoxy groups -OCH3 is 1. The van der Waals surface area contributed by atoms with Crippen LogP contribution in [-0.2, 0) is 29.8 Å². The lowest BCUT2D eigenvalue weighted by atomic mass is 9.79. The number of hydrogen-bond donors (Lipinski definition) is 2. The second-order valence-electron chi connectivity index (χ2n) is 19.0. The molecule has 7 atom stereocenters. The largest absolute Gasteiger partial charge is 0.495 e. The lowest BCUT2D eigenvalue weighted by molar-refractivity contribution is -0.152. The number of nitrogens with zero attached hydrogens (tertiary/aromatic N) is 2. The van der Waals surface area contributed by atoms with E-state index in [1.807, 2.05) is 19.2 Å². The number of rotatable bonds is 12. The Bertz CT molecular complexity index is 2440. The van der Waals surface area contributed by atoms with Crippen molar-refractivity contribution in [2.45, 2.75) is 146 Å². The quantitative estimate of drug-likeness (QED) is 0.103. The summed E-state index contributed by atoms with van der Waals surface area (Å²) in [4.78, 5) is 65.1. The number of esters is 1. The third-order valence-electron chi connectivity index (χ3n) is 14.2. The zero-order valence-electron chi connectivity index (χ0n) is 37.3. The molecular weight excluding hydrogens is 895 g/mol. The van der Waals surface area contributed by atoms with Crippen molar-refractivity contribution >= 4 is 63.9 Å². The number of carbonyl (C=O) groups is 3. The first-order valence-corrected chi connectivity index (χ1v) is 26.3. The minimum Gasteiger partial charge on any atom is -0.495 e. The summed E-state index contributed by atoms with van der Waals surface area (Å²) in [7, 11) is -2.90. The van der Waals surface area contributed by atoms with Crippen LogP contribution < -0.4 is 14.8 Å². The van der Waals surface area contributed by atoms with Gasteiger partial charge in [-0.25, -0.2) is 18.7 Å². The summed E-state index contributed by atoms with van der Waals surface area (Å²) in [6.07, 6.45) is 7.24. The summed E-state index contributed by atoms with van der Waals surface area (Å²) in [6, 6.07) is 8.78. The molecule has 0 radical (unpaired) electrons. The van der Waals surface area contributed by atoms with E-state index in [1.165, 1.54) is 24.5 Å². The number of ether oxygens (including phenoxy) is 3. The lowest BCUT2D eigenvalue weighted by Crippen LogP contribution is -2.34. The van der Waals surface area contributed by atoms with Crippen LogP contribution in [0.5, 0.6) is 11.5 Å². The predicted molar refractivity (Wildman–Crippen MR) is 248 cm³/mol. The van der Waals surface area contributed by atoms with Gasteiger partial charge in [0.05, 0.1) is 36.1 Å². The molecule has 2 heterocycles. The van der Waals surface area contributed by atoms with E-state index in [1.54, 1.807) is 18.2 Å². The summed E-state index contributed by atoms with van der Waals surface area (Å²) in [6.45, 7) is 4.04. The van der Waals surface area contributed by atoms with Crippen LogP contribution in [0.1, 0.15) is 122 Å². The van der Waals surface area contributed by atoms with Crippen molar-refractivity contribution in [1.82, 2.24) is 9.97 Å². The van der Waals surface area contributed by atoms with Gasteiger partial charge in [0, 0.05) is 52.6 Å². The van der Waals surface area contributed by atoms with Gasteiger partial charge in [-0.3, -0.25) is 18.9 Å². The minimum absolute atomic E-state index is 0.0930. The molecule has 350 valence electrons. The Balaban J connectivity index is 1.14. The van der Waals surface area contributed by atoms with E-state index in [0.717, 1.165) is 63.5 Å². The van der Waals surface area contributed by atoms with Gasteiger partial charge in [0.1, 0.15) is 57.6 Å². The lowest BCUT2D eigenvalue weighted by Gasteiger charge is -2.27. The maximum absolute atomic E-state index is 15.1. The molecule has 0 spiro atoms. The highest BCUT2D eigenvalue weighted by molar-refractivity contribution is 7.59. The van der Waals surface area contributed by atoms with E-state index in [2.05, 4.69) is 5.32 Å². The number of fused-ring (bicyclic) bond motifs is 3. The topological polar surface area (TPSA) is 154 Å². The minimum atomic E-state index is -4.42. The van der Waals surface area contributed by atoms with Crippen molar-refractivity contribution in [3.05, 3.63) is 64.0 Å². The number of pyridine rings is 1. The van der Waals surface area contributed by atoms with E-state index in [9.17, 15) is 14.3 Å². The molecule has 0 aliphatic heterocycles.